The molecule has 3 rings (SSSR count). The maximum atomic E-state index is 12.9. The average Bonchev–Trinajstić information content (AvgIpc) is 3.14. The van der Waals surface area contributed by atoms with Crippen molar-refractivity contribution in [1.82, 2.24) is 4.98 Å². The molecule has 0 amide bonds. The Morgan fingerprint density at radius 3 is 2.15 bits per heavy atom. The predicted octanol–water partition coefficient (Wildman–Crippen LogP) is 3.46. The smallest absolute Gasteiger partial charge is 0.258 e. The molecule has 0 aliphatic rings. The first-order valence-electron chi connectivity index (χ1n) is 7.83. The van der Waals surface area contributed by atoms with Gasteiger partial charge in [0.1, 0.15) is 4.90 Å². The minimum absolute atomic E-state index is 0.000714. The van der Waals surface area contributed by atoms with E-state index in [1.807, 2.05) is 13.8 Å². The van der Waals surface area contributed by atoms with Gasteiger partial charge < -0.3 is 4.42 Å². The van der Waals surface area contributed by atoms with E-state index in [9.17, 15) is 16.8 Å². The normalized spacial score (nSPS) is 12.4. The molecule has 2 aromatic heterocycles. The number of furan rings is 1. The zero-order valence-corrected chi connectivity index (χ0v) is 15.8. The topological polar surface area (TPSA) is 94.3 Å². The first kappa shape index (κ1) is 18.3. The second kappa shape index (κ2) is 6.69. The standard InChI is InChI=1S/C18H17NO5S2/c1-13(2)14-6-8-15(9-7-14)25(20,21)16-10-12-24-18(16)26(22,23)17-5-3-4-11-19-17/h3-13H,1-2H3. The van der Waals surface area contributed by atoms with E-state index in [-0.39, 0.29) is 15.8 Å². The highest BCUT2D eigenvalue weighted by atomic mass is 32.2. The molecule has 0 aliphatic carbocycles. The lowest BCUT2D eigenvalue weighted by Crippen LogP contribution is -2.10. The van der Waals surface area contributed by atoms with Gasteiger partial charge in [-0.1, -0.05) is 32.0 Å². The van der Waals surface area contributed by atoms with Gasteiger partial charge in [0.05, 0.1) is 11.2 Å². The molecule has 26 heavy (non-hydrogen) atoms. The van der Waals surface area contributed by atoms with Gasteiger partial charge in [0.15, 0.2) is 5.03 Å². The molecular formula is C18H17NO5S2. The third-order valence-corrected chi connectivity index (χ3v) is 7.42. The Labute approximate surface area is 152 Å². The van der Waals surface area contributed by atoms with Crippen molar-refractivity contribution in [1.29, 1.82) is 0 Å². The monoisotopic (exact) mass is 391 g/mol. The minimum Gasteiger partial charge on any atom is -0.451 e. The highest BCUT2D eigenvalue weighted by Crippen LogP contribution is 2.31. The van der Waals surface area contributed by atoms with Crippen LogP contribution in [0, 0.1) is 0 Å². The van der Waals surface area contributed by atoms with Crippen molar-refractivity contribution in [2.75, 3.05) is 0 Å². The molecule has 0 unspecified atom stereocenters. The Hall–Kier alpha value is -2.45. The summed E-state index contributed by atoms with van der Waals surface area (Å²) in [6.07, 6.45) is 2.36. The molecule has 0 spiro atoms. The lowest BCUT2D eigenvalue weighted by molar-refractivity contribution is 0.434. The zero-order chi connectivity index (χ0) is 18.9. The van der Waals surface area contributed by atoms with E-state index in [0.717, 1.165) is 17.9 Å². The molecule has 0 saturated heterocycles. The lowest BCUT2D eigenvalue weighted by Gasteiger charge is -2.08. The van der Waals surface area contributed by atoms with Crippen LogP contribution in [0.5, 0.6) is 0 Å². The highest BCUT2D eigenvalue weighted by Gasteiger charge is 2.33. The fourth-order valence-corrected chi connectivity index (χ4v) is 5.51. The van der Waals surface area contributed by atoms with Gasteiger partial charge in [-0.2, -0.15) is 0 Å². The van der Waals surface area contributed by atoms with E-state index < -0.39 is 29.7 Å². The number of hydrogen-bond donors (Lipinski definition) is 0. The summed E-state index contributed by atoms with van der Waals surface area (Å²) in [5.74, 6) is 0.251. The molecule has 0 atom stereocenters. The van der Waals surface area contributed by atoms with Crippen LogP contribution < -0.4 is 0 Å². The first-order chi connectivity index (χ1) is 12.2. The molecule has 6 nitrogen and oxygen atoms in total. The fourth-order valence-electron chi connectivity index (χ4n) is 2.44. The lowest BCUT2D eigenvalue weighted by atomic mass is 10.0. The second-order valence-electron chi connectivity index (χ2n) is 5.97. The van der Waals surface area contributed by atoms with E-state index in [4.69, 9.17) is 4.42 Å². The van der Waals surface area contributed by atoms with Gasteiger partial charge in [0.25, 0.3) is 9.84 Å². The van der Waals surface area contributed by atoms with Crippen molar-refractivity contribution < 1.29 is 21.3 Å². The Morgan fingerprint density at radius 2 is 1.58 bits per heavy atom. The van der Waals surface area contributed by atoms with Gasteiger partial charge >= 0.3 is 0 Å². The summed E-state index contributed by atoms with van der Waals surface area (Å²) in [7, 11) is -8.26. The number of rotatable bonds is 5. The summed E-state index contributed by atoms with van der Waals surface area (Å²) < 4.78 is 56.3. The number of nitrogens with zero attached hydrogens (tertiary/aromatic N) is 1. The van der Waals surface area contributed by atoms with E-state index >= 15 is 0 Å². The number of benzene rings is 1. The maximum Gasteiger partial charge on any atom is 0.258 e. The Kier molecular flexibility index (Phi) is 4.72. The van der Waals surface area contributed by atoms with Crippen LogP contribution >= 0.6 is 0 Å². The van der Waals surface area contributed by atoms with Crippen LogP contribution in [0.2, 0.25) is 0 Å². The average molecular weight is 391 g/mol. The number of aromatic nitrogens is 1. The van der Waals surface area contributed by atoms with Crippen molar-refractivity contribution in [3.8, 4) is 0 Å². The predicted molar refractivity (Wildman–Crippen MR) is 94.4 cm³/mol. The van der Waals surface area contributed by atoms with Crippen LogP contribution in [-0.4, -0.2) is 21.8 Å². The quantitative estimate of drug-likeness (QED) is 0.661. The molecule has 2 heterocycles. The Balaban J connectivity index is 2.10. The summed E-state index contributed by atoms with van der Waals surface area (Å²) >= 11 is 0. The van der Waals surface area contributed by atoms with Crippen molar-refractivity contribution in [3.05, 3.63) is 66.6 Å². The molecular weight excluding hydrogens is 374 g/mol. The molecule has 0 saturated carbocycles. The van der Waals surface area contributed by atoms with Crippen LogP contribution in [0.1, 0.15) is 25.3 Å². The van der Waals surface area contributed by atoms with Crippen LogP contribution in [-0.2, 0) is 19.7 Å². The van der Waals surface area contributed by atoms with Crippen molar-refractivity contribution in [2.24, 2.45) is 0 Å². The van der Waals surface area contributed by atoms with Crippen molar-refractivity contribution in [3.63, 3.8) is 0 Å². The molecule has 0 bridgehead atoms. The number of hydrogen-bond acceptors (Lipinski definition) is 6. The molecule has 136 valence electrons. The molecule has 3 aromatic rings. The van der Waals surface area contributed by atoms with Gasteiger partial charge in [-0.15, -0.1) is 0 Å². The van der Waals surface area contributed by atoms with E-state index in [1.54, 1.807) is 18.2 Å². The molecule has 1 aromatic carbocycles. The van der Waals surface area contributed by atoms with Crippen LogP contribution in [0.3, 0.4) is 0 Å². The molecule has 0 radical (unpaired) electrons. The summed E-state index contributed by atoms with van der Waals surface area (Å²) in [6.45, 7) is 3.99. The fraction of sp³-hybridized carbons (Fsp3) is 0.167. The third kappa shape index (κ3) is 3.17. The van der Waals surface area contributed by atoms with Gasteiger partial charge in [-0.3, -0.25) is 0 Å². The van der Waals surface area contributed by atoms with E-state index in [0.29, 0.717) is 0 Å². The summed E-state index contributed by atoms with van der Waals surface area (Å²) in [5.41, 5.74) is 0.984. The van der Waals surface area contributed by atoms with Gasteiger partial charge in [-0.05, 0) is 41.8 Å². The minimum atomic E-state index is -4.20. The van der Waals surface area contributed by atoms with Crippen LogP contribution in [0.4, 0.5) is 0 Å². The number of pyridine rings is 1. The second-order valence-corrected chi connectivity index (χ2v) is 9.68. The zero-order valence-electron chi connectivity index (χ0n) is 14.2. The maximum absolute atomic E-state index is 12.9. The van der Waals surface area contributed by atoms with E-state index in [1.165, 1.54) is 30.5 Å². The summed E-state index contributed by atoms with van der Waals surface area (Å²) in [6, 6.07) is 11.8. The Morgan fingerprint density at radius 1 is 0.885 bits per heavy atom. The largest absolute Gasteiger partial charge is 0.451 e. The molecule has 0 N–H and O–H groups in total. The number of sulfone groups is 2. The Bertz CT molecular complexity index is 1110. The van der Waals surface area contributed by atoms with Gasteiger partial charge in [0, 0.05) is 6.20 Å². The third-order valence-electron chi connectivity index (χ3n) is 3.90. The van der Waals surface area contributed by atoms with Crippen LogP contribution in [0.25, 0.3) is 0 Å². The van der Waals surface area contributed by atoms with Crippen molar-refractivity contribution in [2.45, 2.75) is 39.7 Å². The van der Waals surface area contributed by atoms with Crippen LogP contribution in [0.15, 0.2) is 85.3 Å². The molecule has 8 heteroatoms. The molecule has 0 fully saturated rings. The molecule has 0 aliphatic heterocycles. The SMILES string of the molecule is CC(C)c1ccc(S(=O)(=O)c2ccoc2S(=O)(=O)c2ccccn2)cc1. The summed E-state index contributed by atoms with van der Waals surface area (Å²) in [4.78, 5) is 3.39. The van der Waals surface area contributed by atoms with Gasteiger partial charge in [0.2, 0.25) is 14.9 Å². The highest BCUT2D eigenvalue weighted by molar-refractivity contribution is 7.94. The van der Waals surface area contributed by atoms with Gasteiger partial charge in [-0.25, -0.2) is 21.8 Å². The summed E-state index contributed by atoms with van der Waals surface area (Å²) in [5, 5.41) is -0.911. The first-order valence-corrected chi connectivity index (χ1v) is 10.8. The van der Waals surface area contributed by atoms with Crippen molar-refractivity contribution >= 4 is 19.7 Å². The van der Waals surface area contributed by atoms with E-state index in [2.05, 4.69) is 4.98 Å².